The zero-order chi connectivity index (χ0) is 9.78. The van der Waals surface area contributed by atoms with Gasteiger partial charge in [-0.1, -0.05) is 6.92 Å². The molecule has 0 heterocycles. The van der Waals surface area contributed by atoms with Crippen LogP contribution in [0.1, 0.15) is 13.3 Å². The Hall–Kier alpha value is -0.390. The molecule has 74 valence electrons. The van der Waals surface area contributed by atoms with Crippen LogP contribution >= 0.6 is 0 Å². The van der Waals surface area contributed by atoms with Gasteiger partial charge in [0.2, 0.25) is 0 Å². The summed E-state index contributed by atoms with van der Waals surface area (Å²) in [5, 5.41) is 0. The van der Waals surface area contributed by atoms with Gasteiger partial charge in [0, 0.05) is 0 Å². The Kier molecular flexibility index (Phi) is 4.44. The van der Waals surface area contributed by atoms with Crippen LogP contribution in [-0.4, -0.2) is 25.3 Å². The third-order valence-electron chi connectivity index (χ3n) is 1.16. The lowest BCUT2D eigenvalue weighted by Crippen LogP contribution is -2.32. The van der Waals surface area contributed by atoms with E-state index in [0.29, 0.717) is 0 Å². The maximum absolute atomic E-state index is 11.8. The van der Waals surface area contributed by atoms with E-state index in [1.807, 2.05) is 0 Å². The van der Waals surface area contributed by atoms with Gasteiger partial charge in [0.15, 0.2) is 6.10 Å². The van der Waals surface area contributed by atoms with Crippen LogP contribution in [0.3, 0.4) is 0 Å². The average molecular weight is 192 g/mol. The maximum Gasteiger partial charge on any atom is 0.414 e. The normalized spacial score (nSPS) is 15.2. The van der Waals surface area contributed by atoms with E-state index >= 15 is 0 Å². The summed E-state index contributed by atoms with van der Waals surface area (Å²) in [7, 11) is 0. The fourth-order valence-electron chi connectivity index (χ4n) is 0.633. The summed E-state index contributed by atoms with van der Waals surface area (Å²) < 4.78 is 62.2. The molecule has 0 aliphatic heterocycles. The molecule has 0 aromatic heterocycles. The fourth-order valence-corrected chi connectivity index (χ4v) is 0.633. The second-order valence-electron chi connectivity index (χ2n) is 2.16. The predicted molar refractivity (Wildman–Crippen MR) is 32.1 cm³/mol. The largest absolute Gasteiger partial charge is 0.414 e. The van der Waals surface area contributed by atoms with Crippen LogP contribution in [0.4, 0.5) is 22.0 Å². The lowest BCUT2D eigenvalue weighted by atomic mass is 10.3. The summed E-state index contributed by atoms with van der Waals surface area (Å²) in [6, 6.07) is 0. The molecule has 0 bridgehead atoms. The van der Waals surface area contributed by atoms with E-state index in [9.17, 15) is 22.0 Å². The Bertz CT molecular complexity index is 122. The van der Waals surface area contributed by atoms with Crippen molar-refractivity contribution in [2.24, 2.45) is 0 Å². The molecule has 0 radical (unpaired) electrons. The van der Waals surface area contributed by atoms with Crippen LogP contribution in [0.5, 0.6) is 0 Å². The summed E-state index contributed by atoms with van der Waals surface area (Å²) in [6.07, 6.45) is -9.84. The van der Waals surface area contributed by atoms with Crippen LogP contribution in [0.25, 0.3) is 0 Å². The van der Waals surface area contributed by atoms with Gasteiger partial charge in [-0.05, 0) is 6.42 Å². The molecule has 0 saturated carbocycles. The van der Waals surface area contributed by atoms with E-state index < -0.39 is 25.3 Å². The third kappa shape index (κ3) is 4.48. The van der Waals surface area contributed by atoms with Gasteiger partial charge in [-0.2, -0.15) is 13.2 Å². The molecule has 0 fully saturated rings. The molecule has 0 aliphatic rings. The Morgan fingerprint density at radius 1 is 1.25 bits per heavy atom. The van der Waals surface area contributed by atoms with Gasteiger partial charge in [-0.3, -0.25) is 0 Å². The van der Waals surface area contributed by atoms with Crippen molar-refractivity contribution in [3.63, 3.8) is 0 Å². The fraction of sp³-hybridized carbons (Fsp3) is 1.00. The minimum atomic E-state index is -4.55. The van der Waals surface area contributed by atoms with E-state index in [1.165, 1.54) is 6.92 Å². The first kappa shape index (κ1) is 11.6. The molecule has 0 amide bonds. The topological polar surface area (TPSA) is 9.23 Å². The summed E-state index contributed by atoms with van der Waals surface area (Å²) >= 11 is 0. The lowest BCUT2D eigenvalue weighted by Gasteiger charge is -2.18. The Labute approximate surface area is 66.5 Å². The highest BCUT2D eigenvalue weighted by atomic mass is 19.4. The summed E-state index contributed by atoms with van der Waals surface area (Å²) in [6.45, 7) is 0.0572. The van der Waals surface area contributed by atoms with E-state index in [2.05, 4.69) is 4.74 Å². The molecule has 6 heteroatoms. The molecule has 0 saturated heterocycles. The molecule has 0 unspecified atom stereocenters. The van der Waals surface area contributed by atoms with Crippen molar-refractivity contribution >= 4 is 0 Å². The quantitative estimate of drug-likeness (QED) is 0.622. The molecule has 1 nitrogen and oxygen atoms in total. The van der Waals surface area contributed by atoms with E-state index in [0.717, 1.165) is 0 Å². The number of halogens is 5. The molecule has 0 N–H and O–H groups in total. The first-order chi connectivity index (χ1) is 5.38. The first-order valence-electron chi connectivity index (χ1n) is 3.34. The van der Waals surface area contributed by atoms with Gasteiger partial charge in [0.25, 0.3) is 6.43 Å². The highest BCUT2D eigenvalue weighted by Crippen LogP contribution is 2.25. The van der Waals surface area contributed by atoms with Crippen LogP contribution < -0.4 is 0 Å². The number of hydrogen-bond donors (Lipinski definition) is 0. The Balaban J connectivity index is 3.84. The summed E-state index contributed by atoms with van der Waals surface area (Å²) in [5.74, 6) is 0. The lowest BCUT2D eigenvalue weighted by molar-refractivity contribution is -0.227. The average Bonchev–Trinajstić information content (AvgIpc) is 1.85. The minimum Gasteiger partial charge on any atom is -0.363 e. The van der Waals surface area contributed by atoms with Crippen molar-refractivity contribution in [3.8, 4) is 0 Å². The molecule has 0 aromatic rings. The number of alkyl halides is 5. The molecular formula is C6H9F5O. The second kappa shape index (κ2) is 4.59. The zero-order valence-corrected chi connectivity index (χ0v) is 6.37. The smallest absolute Gasteiger partial charge is 0.363 e. The van der Waals surface area contributed by atoms with Gasteiger partial charge >= 0.3 is 6.18 Å². The highest BCUT2D eigenvalue weighted by Gasteiger charge is 2.39. The van der Waals surface area contributed by atoms with Crippen molar-refractivity contribution in [1.82, 2.24) is 0 Å². The standard InChI is InChI=1S/C6H9F5O/c1-2-4(6(9,10)11)12-3-5(7)8/h4-5H,2-3H2,1H3/t4-/m1/s1. The zero-order valence-electron chi connectivity index (χ0n) is 6.37. The Morgan fingerprint density at radius 2 is 1.75 bits per heavy atom. The maximum atomic E-state index is 11.8. The van der Waals surface area contributed by atoms with E-state index in [-0.39, 0.29) is 6.42 Å². The number of ether oxygens (including phenoxy) is 1. The van der Waals surface area contributed by atoms with E-state index in [1.54, 1.807) is 0 Å². The van der Waals surface area contributed by atoms with Crippen LogP contribution in [0, 0.1) is 0 Å². The van der Waals surface area contributed by atoms with Crippen molar-refractivity contribution < 1.29 is 26.7 Å². The van der Waals surface area contributed by atoms with Gasteiger partial charge in [-0.15, -0.1) is 0 Å². The van der Waals surface area contributed by atoms with Gasteiger partial charge < -0.3 is 4.74 Å². The minimum absolute atomic E-state index is 0.351. The van der Waals surface area contributed by atoms with Crippen molar-refractivity contribution in [1.29, 1.82) is 0 Å². The molecule has 0 aromatic carbocycles. The van der Waals surface area contributed by atoms with Crippen LogP contribution in [-0.2, 0) is 4.74 Å². The van der Waals surface area contributed by atoms with Gasteiger partial charge in [-0.25, -0.2) is 8.78 Å². The van der Waals surface area contributed by atoms with Gasteiger partial charge in [0.05, 0.1) is 0 Å². The van der Waals surface area contributed by atoms with Gasteiger partial charge in [0.1, 0.15) is 6.61 Å². The monoisotopic (exact) mass is 192 g/mol. The van der Waals surface area contributed by atoms with Crippen molar-refractivity contribution in [2.45, 2.75) is 32.1 Å². The number of hydrogen-bond acceptors (Lipinski definition) is 1. The SMILES string of the molecule is CC[C@@H](OCC(F)F)C(F)(F)F. The molecule has 0 aliphatic carbocycles. The molecular weight excluding hydrogens is 183 g/mol. The van der Waals surface area contributed by atoms with Crippen LogP contribution in [0.2, 0.25) is 0 Å². The molecule has 0 rings (SSSR count). The van der Waals surface area contributed by atoms with E-state index in [4.69, 9.17) is 0 Å². The second-order valence-corrected chi connectivity index (χ2v) is 2.16. The predicted octanol–water partition coefficient (Wildman–Crippen LogP) is 2.61. The molecule has 0 spiro atoms. The molecule has 1 atom stereocenters. The number of rotatable bonds is 4. The Morgan fingerprint density at radius 3 is 2.00 bits per heavy atom. The van der Waals surface area contributed by atoms with Crippen molar-refractivity contribution in [2.75, 3.05) is 6.61 Å². The first-order valence-corrected chi connectivity index (χ1v) is 3.34. The highest BCUT2D eigenvalue weighted by molar-refractivity contribution is 4.65. The summed E-state index contributed by atoms with van der Waals surface area (Å²) in [4.78, 5) is 0. The third-order valence-corrected chi connectivity index (χ3v) is 1.16. The van der Waals surface area contributed by atoms with Crippen molar-refractivity contribution in [3.05, 3.63) is 0 Å². The molecule has 12 heavy (non-hydrogen) atoms. The van der Waals surface area contributed by atoms with Crippen LogP contribution in [0.15, 0.2) is 0 Å². The summed E-state index contributed by atoms with van der Waals surface area (Å²) in [5.41, 5.74) is 0.